The number of hydrogen-bond donors (Lipinski definition) is 1. The van der Waals surface area contributed by atoms with Gasteiger partial charge in [-0.3, -0.25) is 15.2 Å². The number of aryl methyl sites for hydroxylation is 3. The van der Waals surface area contributed by atoms with Gasteiger partial charge < -0.3 is 0 Å². The Morgan fingerprint density at radius 1 is 1.05 bits per heavy atom. The molecule has 21 heavy (non-hydrogen) atoms. The maximum absolute atomic E-state index is 12.1. The summed E-state index contributed by atoms with van der Waals surface area (Å²) in [4.78, 5) is 12.1. The largest absolute Gasteiger partial charge is 0.288 e. The highest BCUT2D eigenvalue weighted by atomic mass is 16.2. The topological polar surface area (TPSA) is 32.3 Å². The normalized spacial score (nSPS) is 10.3. The molecule has 1 N–H and O–H groups in total. The van der Waals surface area contributed by atoms with E-state index < -0.39 is 0 Å². The lowest BCUT2D eigenvalue weighted by Crippen LogP contribution is -2.41. The number of hydrazine groups is 1. The van der Waals surface area contributed by atoms with Gasteiger partial charge in [0.2, 0.25) is 5.91 Å². The summed E-state index contributed by atoms with van der Waals surface area (Å²) in [6.07, 6.45) is 0.384. The van der Waals surface area contributed by atoms with Crippen LogP contribution in [0.4, 0.5) is 5.69 Å². The van der Waals surface area contributed by atoms with Gasteiger partial charge in [-0.2, -0.15) is 0 Å². The number of amides is 1. The van der Waals surface area contributed by atoms with Crippen LogP contribution in [0.1, 0.15) is 22.3 Å². The average molecular weight is 282 g/mol. The van der Waals surface area contributed by atoms with Gasteiger partial charge in [0.25, 0.3) is 0 Å². The Hall–Kier alpha value is -2.29. The average Bonchev–Trinajstić information content (AvgIpc) is 2.38. The molecular formula is C18H22N2O. The van der Waals surface area contributed by atoms with Crippen LogP contribution in [0, 0.1) is 20.8 Å². The van der Waals surface area contributed by atoms with E-state index in [4.69, 9.17) is 0 Å². The molecule has 0 bridgehead atoms. The molecule has 0 saturated carbocycles. The summed E-state index contributed by atoms with van der Waals surface area (Å²) >= 11 is 0. The third-order valence-corrected chi connectivity index (χ3v) is 3.47. The van der Waals surface area contributed by atoms with E-state index in [9.17, 15) is 4.79 Å². The maximum Gasteiger partial charge on any atom is 0.242 e. The number of benzene rings is 2. The summed E-state index contributed by atoms with van der Waals surface area (Å²) < 4.78 is 0. The van der Waals surface area contributed by atoms with Crippen molar-refractivity contribution in [3.63, 3.8) is 0 Å². The molecule has 0 unspecified atom stereocenters. The molecule has 110 valence electrons. The second-order valence-electron chi connectivity index (χ2n) is 5.50. The van der Waals surface area contributed by atoms with Crippen LogP contribution in [0.15, 0.2) is 42.5 Å². The first-order valence-corrected chi connectivity index (χ1v) is 7.12. The van der Waals surface area contributed by atoms with E-state index in [-0.39, 0.29) is 5.91 Å². The van der Waals surface area contributed by atoms with E-state index in [1.54, 1.807) is 0 Å². The van der Waals surface area contributed by atoms with Crippen molar-refractivity contribution in [2.45, 2.75) is 27.2 Å². The molecule has 0 aliphatic heterocycles. The molecule has 2 aromatic rings. The van der Waals surface area contributed by atoms with Gasteiger partial charge in [0.05, 0.1) is 12.1 Å². The number of nitrogens with zero attached hydrogens (tertiary/aromatic N) is 1. The smallest absolute Gasteiger partial charge is 0.242 e. The molecule has 0 fully saturated rings. The van der Waals surface area contributed by atoms with Crippen LogP contribution in [0.2, 0.25) is 0 Å². The lowest BCUT2D eigenvalue weighted by Gasteiger charge is -2.24. The summed E-state index contributed by atoms with van der Waals surface area (Å²) in [6, 6.07) is 14.0. The standard InChI is InChI=1S/C18H22N2O/c1-13-10-14(2)18(15(3)11-13)20(4)19-17(21)12-16-8-6-5-7-9-16/h5-11H,12H2,1-4H3,(H,19,21). The van der Waals surface area contributed by atoms with Crippen molar-refractivity contribution in [3.05, 3.63) is 64.7 Å². The van der Waals surface area contributed by atoms with Crippen molar-refractivity contribution in [3.8, 4) is 0 Å². The first kappa shape index (κ1) is 15.1. The Bertz CT molecular complexity index is 612. The first-order valence-electron chi connectivity index (χ1n) is 7.12. The van der Waals surface area contributed by atoms with Crippen molar-refractivity contribution < 1.29 is 4.79 Å². The zero-order valence-electron chi connectivity index (χ0n) is 13.1. The van der Waals surface area contributed by atoms with Gasteiger partial charge in [0.15, 0.2) is 0 Å². The van der Waals surface area contributed by atoms with E-state index in [2.05, 4.69) is 38.3 Å². The summed E-state index contributed by atoms with van der Waals surface area (Å²) in [5, 5.41) is 1.81. The van der Waals surface area contributed by atoms with E-state index in [1.807, 2.05) is 42.4 Å². The van der Waals surface area contributed by atoms with Gasteiger partial charge in [-0.1, -0.05) is 48.0 Å². The van der Waals surface area contributed by atoms with Crippen molar-refractivity contribution in [2.24, 2.45) is 0 Å². The molecule has 2 rings (SSSR count). The highest BCUT2D eigenvalue weighted by Crippen LogP contribution is 2.24. The molecule has 3 nitrogen and oxygen atoms in total. The molecule has 0 atom stereocenters. The second kappa shape index (κ2) is 6.44. The number of rotatable bonds is 4. The highest BCUT2D eigenvalue weighted by molar-refractivity contribution is 5.80. The van der Waals surface area contributed by atoms with Crippen LogP contribution >= 0.6 is 0 Å². The number of nitrogens with one attached hydrogen (secondary N) is 1. The van der Waals surface area contributed by atoms with Crippen molar-refractivity contribution in [1.29, 1.82) is 0 Å². The Labute approximate surface area is 126 Å². The van der Waals surface area contributed by atoms with Crippen molar-refractivity contribution in [2.75, 3.05) is 12.1 Å². The van der Waals surface area contributed by atoms with E-state index in [0.29, 0.717) is 6.42 Å². The summed E-state index contributed by atoms with van der Waals surface area (Å²) in [6.45, 7) is 6.21. The van der Waals surface area contributed by atoms with Gasteiger partial charge in [-0.25, -0.2) is 0 Å². The molecule has 0 aliphatic carbocycles. The van der Waals surface area contributed by atoms with Gasteiger partial charge in [-0.05, 0) is 37.5 Å². The Morgan fingerprint density at radius 2 is 1.62 bits per heavy atom. The van der Waals surface area contributed by atoms with Crippen LogP contribution in [0.3, 0.4) is 0 Å². The molecule has 1 amide bonds. The quantitative estimate of drug-likeness (QED) is 0.872. The summed E-state index contributed by atoms with van der Waals surface area (Å²) in [7, 11) is 1.88. The van der Waals surface area contributed by atoms with E-state index in [1.165, 1.54) is 5.56 Å². The van der Waals surface area contributed by atoms with Crippen LogP contribution in [0.25, 0.3) is 0 Å². The maximum atomic E-state index is 12.1. The van der Waals surface area contributed by atoms with Crippen molar-refractivity contribution in [1.82, 2.24) is 5.43 Å². The predicted octanol–water partition coefficient (Wildman–Crippen LogP) is 3.32. The lowest BCUT2D eigenvalue weighted by atomic mass is 10.1. The van der Waals surface area contributed by atoms with E-state index in [0.717, 1.165) is 22.4 Å². The van der Waals surface area contributed by atoms with Crippen LogP contribution in [0.5, 0.6) is 0 Å². The third-order valence-electron chi connectivity index (χ3n) is 3.47. The van der Waals surface area contributed by atoms with E-state index >= 15 is 0 Å². The zero-order valence-corrected chi connectivity index (χ0v) is 13.1. The van der Waals surface area contributed by atoms with Gasteiger partial charge in [-0.15, -0.1) is 0 Å². The number of carbonyl (C=O) groups excluding carboxylic acids is 1. The lowest BCUT2D eigenvalue weighted by molar-refractivity contribution is -0.120. The second-order valence-corrected chi connectivity index (χ2v) is 5.50. The molecular weight excluding hydrogens is 260 g/mol. The SMILES string of the molecule is Cc1cc(C)c(N(C)NC(=O)Cc2ccccc2)c(C)c1. The zero-order chi connectivity index (χ0) is 15.4. The summed E-state index contributed by atoms with van der Waals surface area (Å²) in [5.41, 5.74) is 8.57. The van der Waals surface area contributed by atoms with Crippen LogP contribution in [-0.2, 0) is 11.2 Å². The molecule has 0 heterocycles. The molecule has 3 heteroatoms. The Kier molecular flexibility index (Phi) is 4.63. The predicted molar refractivity (Wildman–Crippen MR) is 87.3 cm³/mol. The monoisotopic (exact) mass is 282 g/mol. The van der Waals surface area contributed by atoms with Gasteiger partial charge in [0.1, 0.15) is 0 Å². The van der Waals surface area contributed by atoms with Crippen LogP contribution in [-0.4, -0.2) is 13.0 Å². The fourth-order valence-corrected chi connectivity index (χ4v) is 2.77. The van der Waals surface area contributed by atoms with Gasteiger partial charge in [0, 0.05) is 7.05 Å². The minimum atomic E-state index is -0.0110. The van der Waals surface area contributed by atoms with Gasteiger partial charge >= 0.3 is 0 Å². The first-order chi connectivity index (χ1) is 9.97. The molecule has 0 saturated heterocycles. The number of carbonyl (C=O) groups is 1. The minimum Gasteiger partial charge on any atom is -0.288 e. The number of anilines is 1. The fourth-order valence-electron chi connectivity index (χ4n) is 2.77. The molecule has 0 aliphatic rings. The van der Waals surface area contributed by atoms with Crippen molar-refractivity contribution >= 4 is 11.6 Å². The minimum absolute atomic E-state index is 0.0110. The molecule has 0 radical (unpaired) electrons. The molecule has 0 aromatic heterocycles. The Morgan fingerprint density at radius 3 is 2.19 bits per heavy atom. The Balaban J connectivity index is 2.08. The summed E-state index contributed by atoms with van der Waals surface area (Å²) in [5.74, 6) is -0.0110. The fraction of sp³-hybridized carbons (Fsp3) is 0.278. The third kappa shape index (κ3) is 3.85. The number of hydrogen-bond acceptors (Lipinski definition) is 2. The highest BCUT2D eigenvalue weighted by Gasteiger charge is 2.11. The molecule has 2 aromatic carbocycles. The van der Waals surface area contributed by atoms with Crippen LogP contribution < -0.4 is 10.4 Å². The molecule has 0 spiro atoms.